The van der Waals surface area contributed by atoms with Gasteiger partial charge in [0, 0.05) is 25.2 Å². The van der Waals surface area contributed by atoms with Gasteiger partial charge in [-0.05, 0) is 24.7 Å². The maximum atomic E-state index is 6.57. The summed E-state index contributed by atoms with van der Waals surface area (Å²) in [6, 6.07) is 0. The Kier molecular flexibility index (Phi) is 5.94. The van der Waals surface area contributed by atoms with Crippen LogP contribution >= 0.6 is 0 Å². The first-order chi connectivity index (χ1) is 7.91. The summed E-state index contributed by atoms with van der Waals surface area (Å²) >= 11 is 0. The van der Waals surface area contributed by atoms with Gasteiger partial charge in [0.25, 0.3) is 0 Å². The van der Waals surface area contributed by atoms with Crippen molar-refractivity contribution in [2.75, 3.05) is 19.6 Å². The molecule has 0 radical (unpaired) electrons. The normalized spacial score (nSPS) is 20.5. The predicted octanol–water partition coefficient (Wildman–Crippen LogP) is 3.26. The van der Waals surface area contributed by atoms with Gasteiger partial charge in [0.05, 0.1) is 0 Å². The molecule has 0 spiro atoms. The molecule has 1 fully saturated rings. The Labute approximate surface area is 108 Å². The topological polar surface area (TPSA) is 29.3 Å². The monoisotopic (exact) mass is 240 g/mol. The van der Waals surface area contributed by atoms with Crippen molar-refractivity contribution in [1.82, 2.24) is 4.90 Å². The van der Waals surface area contributed by atoms with Crippen LogP contribution in [0, 0.1) is 11.8 Å². The summed E-state index contributed by atoms with van der Waals surface area (Å²) in [5.41, 5.74) is 6.67. The fourth-order valence-electron chi connectivity index (χ4n) is 3.10. The molecule has 1 aliphatic carbocycles. The molecule has 0 aromatic heterocycles. The molecule has 1 saturated carbocycles. The predicted molar refractivity (Wildman–Crippen MR) is 76.1 cm³/mol. The van der Waals surface area contributed by atoms with Crippen molar-refractivity contribution in [1.29, 1.82) is 0 Å². The zero-order valence-electron chi connectivity index (χ0n) is 12.3. The summed E-state index contributed by atoms with van der Waals surface area (Å²) in [5, 5.41) is 0. The van der Waals surface area contributed by atoms with E-state index >= 15 is 0 Å². The molecule has 2 N–H and O–H groups in total. The van der Waals surface area contributed by atoms with Gasteiger partial charge in [-0.2, -0.15) is 0 Å². The molecule has 0 aromatic carbocycles. The maximum Gasteiger partial charge on any atom is 0.0283 e. The number of hydrogen-bond donors (Lipinski definition) is 1. The standard InChI is InChI=1S/C15H32N2/c1-13(2)10-17(11-14(3)4)12-15(16)8-6-5-7-9-15/h13-14H,5-12,16H2,1-4H3. The van der Waals surface area contributed by atoms with Crippen LogP contribution in [0.4, 0.5) is 0 Å². The first-order valence-corrected chi connectivity index (χ1v) is 7.42. The van der Waals surface area contributed by atoms with Crippen LogP contribution < -0.4 is 5.73 Å². The van der Waals surface area contributed by atoms with Crippen molar-refractivity contribution in [2.45, 2.75) is 65.3 Å². The Morgan fingerprint density at radius 1 is 0.941 bits per heavy atom. The molecule has 17 heavy (non-hydrogen) atoms. The van der Waals surface area contributed by atoms with Gasteiger partial charge in [0.2, 0.25) is 0 Å². The van der Waals surface area contributed by atoms with E-state index in [1.807, 2.05) is 0 Å². The Morgan fingerprint density at radius 2 is 1.41 bits per heavy atom. The highest BCUT2D eigenvalue weighted by Crippen LogP contribution is 2.27. The molecule has 1 aliphatic rings. The second-order valence-electron chi connectivity index (χ2n) is 6.90. The van der Waals surface area contributed by atoms with Gasteiger partial charge in [-0.1, -0.05) is 47.0 Å². The third kappa shape index (κ3) is 5.87. The molecule has 0 bridgehead atoms. The fourth-order valence-corrected chi connectivity index (χ4v) is 3.10. The molecule has 0 amide bonds. The van der Waals surface area contributed by atoms with E-state index in [9.17, 15) is 0 Å². The second-order valence-corrected chi connectivity index (χ2v) is 6.90. The third-order valence-corrected chi connectivity index (χ3v) is 3.63. The van der Waals surface area contributed by atoms with Gasteiger partial charge < -0.3 is 10.6 Å². The van der Waals surface area contributed by atoms with E-state index in [4.69, 9.17) is 5.73 Å². The molecule has 0 atom stereocenters. The Balaban J connectivity index is 2.50. The van der Waals surface area contributed by atoms with E-state index in [0.717, 1.165) is 18.4 Å². The highest BCUT2D eigenvalue weighted by Gasteiger charge is 2.29. The maximum absolute atomic E-state index is 6.57. The molecule has 2 heteroatoms. The van der Waals surface area contributed by atoms with Gasteiger partial charge >= 0.3 is 0 Å². The summed E-state index contributed by atoms with van der Waals surface area (Å²) in [6.45, 7) is 12.7. The Hall–Kier alpha value is -0.0800. The van der Waals surface area contributed by atoms with Crippen molar-refractivity contribution in [3.05, 3.63) is 0 Å². The zero-order chi connectivity index (χ0) is 12.9. The minimum atomic E-state index is 0.0992. The Bertz CT molecular complexity index is 195. The summed E-state index contributed by atoms with van der Waals surface area (Å²) in [6.07, 6.45) is 6.48. The van der Waals surface area contributed by atoms with E-state index in [2.05, 4.69) is 32.6 Å². The first kappa shape index (κ1) is 15.0. The van der Waals surface area contributed by atoms with E-state index in [1.54, 1.807) is 0 Å². The highest BCUT2D eigenvalue weighted by atomic mass is 15.1. The molecule has 2 nitrogen and oxygen atoms in total. The molecule has 0 unspecified atom stereocenters. The smallest absolute Gasteiger partial charge is 0.0283 e. The molecule has 0 saturated heterocycles. The molecule has 102 valence electrons. The van der Waals surface area contributed by atoms with Crippen LogP contribution in [0.25, 0.3) is 0 Å². The van der Waals surface area contributed by atoms with E-state index in [1.165, 1.54) is 45.2 Å². The second kappa shape index (κ2) is 6.75. The van der Waals surface area contributed by atoms with Crippen LogP contribution in [-0.2, 0) is 0 Å². The SMILES string of the molecule is CC(C)CN(CC(C)C)CC1(N)CCCCC1. The molecule has 0 aliphatic heterocycles. The average molecular weight is 240 g/mol. The number of hydrogen-bond acceptors (Lipinski definition) is 2. The van der Waals surface area contributed by atoms with Crippen LogP contribution in [0.1, 0.15) is 59.8 Å². The van der Waals surface area contributed by atoms with Gasteiger partial charge in [-0.3, -0.25) is 0 Å². The number of rotatable bonds is 6. The van der Waals surface area contributed by atoms with E-state index in [-0.39, 0.29) is 5.54 Å². The third-order valence-electron chi connectivity index (χ3n) is 3.63. The summed E-state index contributed by atoms with van der Waals surface area (Å²) in [5.74, 6) is 1.47. The van der Waals surface area contributed by atoms with E-state index < -0.39 is 0 Å². The van der Waals surface area contributed by atoms with Gasteiger partial charge in [-0.25, -0.2) is 0 Å². The lowest BCUT2D eigenvalue weighted by atomic mass is 9.82. The quantitative estimate of drug-likeness (QED) is 0.772. The number of nitrogens with two attached hydrogens (primary N) is 1. The first-order valence-electron chi connectivity index (χ1n) is 7.42. The van der Waals surface area contributed by atoms with Crippen molar-refractivity contribution >= 4 is 0 Å². The molecular weight excluding hydrogens is 208 g/mol. The van der Waals surface area contributed by atoms with Gasteiger partial charge in [0.15, 0.2) is 0 Å². The molecule has 0 aromatic rings. The lowest BCUT2D eigenvalue weighted by molar-refractivity contribution is 0.146. The van der Waals surface area contributed by atoms with Crippen LogP contribution in [0.5, 0.6) is 0 Å². The molecule has 0 heterocycles. The summed E-state index contributed by atoms with van der Waals surface area (Å²) in [7, 11) is 0. The van der Waals surface area contributed by atoms with Crippen LogP contribution in [0.2, 0.25) is 0 Å². The van der Waals surface area contributed by atoms with Crippen molar-refractivity contribution in [2.24, 2.45) is 17.6 Å². The highest BCUT2D eigenvalue weighted by molar-refractivity contribution is 4.90. The minimum absolute atomic E-state index is 0.0992. The lowest BCUT2D eigenvalue weighted by Crippen LogP contribution is -2.52. The van der Waals surface area contributed by atoms with Crippen molar-refractivity contribution in [3.8, 4) is 0 Å². The van der Waals surface area contributed by atoms with Gasteiger partial charge in [-0.15, -0.1) is 0 Å². The number of nitrogens with zero attached hydrogens (tertiary/aromatic N) is 1. The molecular formula is C15H32N2. The van der Waals surface area contributed by atoms with Crippen LogP contribution in [0.15, 0.2) is 0 Å². The van der Waals surface area contributed by atoms with E-state index in [0.29, 0.717) is 0 Å². The zero-order valence-corrected chi connectivity index (χ0v) is 12.3. The average Bonchev–Trinajstić information content (AvgIpc) is 2.15. The van der Waals surface area contributed by atoms with Crippen molar-refractivity contribution < 1.29 is 0 Å². The largest absolute Gasteiger partial charge is 0.324 e. The Morgan fingerprint density at radius 3 is 1.82 bits per heavy atom. The van der Waals surface area contributed by atoms with Crippen LogP contribution in [0.3, 0.4) is 0 Å². The lowest BCUT2D eigenvalue weighted by Gasteiger charge is -2.39. The summed E-state index contributed by atoms with van der Waals surface area (Å²) < 4.78 is 0. The molecule has 1 rings (SSSR count). The minimum Gasteiger partial charge on any atom is -0.324 e. The van der Waals surface area contributed by atoms with Crippen LogP contribution in [-0.4, -0.2) is 30.1 Å². The van der Waals surface area contributed by atoms with Crippen molar-refractivity contribution in [3.63, 3.8) is 0 Å². The summed E-state index contributed by atoms with van der Waals surface area (Å²) in [4.78, 5) is 2.60. The fraction of sp³-hybridized carbons (Fsp3) is 1.00. The van der Waals surface area contributed by atoms with Gasteiger partial charge in [0.1, 0.15) is 0 Å².